The normalized spacial score (nSPS) is 10.1. The van der Waals surface area contributed by atoms with Gasteiger partial charge in [-0.05, 0) is 46.3 Å². The molecule has 2 N–H and O–H groups in total. The molecule has 1 aromatic heterocycles. The first kappa shape index (κ1) is 14.1. The number of aromatic nitrogens is 1. The molecule has 0 unspecified atom stereocenters. The second-order valence-corrected chi connectivity index (χ2v) is 4.55. The number of anilines is 1. The van der Waals surface area contributed by atoms with E-state index in [0.717, 1.165) is 6.07 Å². The Bertz CT molecular complexity index is 691. The highest BCUT2D eigenvalue weighted by molar-refractivity contribution is 9.10. The van der Waals surface area contributed by atoms with Crippen LogP contribution >= 0.6 is 15.9 Å². The van der Waals surface area contributed by atoms with Gasteiger partial charge in [0.15, 0.2) is 0 Å². The van der Waals surface area contributed by atoms with E-state index in [4.69, 9.17) is 5.11 Å². The van der Waals surface area contributed by atoms with E-state index in [2.05, 4.69) is 26.2 Å². The molecule has 1 aromatic carbocycles. The van der Waals surface area contributed by atoms with Crippen molar-refractivity contribution in [2.75, 3.05) is 5.32 Å². The van der Waals surface area contributed by atoms with Gasteiger partial charge in [-0.3, -0.25) is 4.79 Å². The van der Waals surface area contributed by atoms with Crippen LogP contribution < -0.4 is 5.32 Å². The summed E-state index contributed by atoms with van der Waals surface area (Å²) in [6.07, 6.45) is 1.50. The third kappa shape index (κ3) is 3.00. The molecule has 102 valence electrons. The van der Waals surface area contributed by atoms with Gasteiger partial charge in [-0.15, -0.1) is 0 Å². The largest absolute Gasteiger partial charge is 0.478 e. The van der Waals surface area contributed by atoms with Gasteiger partial charge < -0.3 is 10.4 Å². The zero-order valence-corrected chi connectivity index (χ0v) is 11.5. The number of hydrogen-bond acceptors (Lipinski definition) is 3. The summed E-state index contributed by atoms with van der Waals surface area (Å²) in [6.45, 7) is 0. The number of benzene rings is 1. The number of carbonyl (C=O) groups excluding carboxylic acids is 1. The zero-order valence-electron chi connectivity index (χ0n) is 9.93. The fourth-order valence-electron chi connectivity index (χ4n) is 1.49. The van der Waals surface area contributed by atoms with Gasteiger partial charge >= 0.3 is 5.97 Å². The van der Waals surface area contributed by atoms with E-state index < -0.39 is 17.7 Å². The van der Waals surface area contributed by atoms with Gasteiger partial charge in [0.2, 0.25) is 0 Å². The summed E-state index contributed by atoms with van der Waals surface area (Å²) in [7, 11) is 0. The van der Waals surface area contributed by atoms with Crippen LogP contribution in [0.2, 0.25) is 0 Å². The van der Waals surface area contributed by atoms with Crippen LogP contribution in [-0.2, 0) is 0 Å². The molecule has 0 aliphatic heterocycles. The van der Waals surface area contributed by atoms with Gasteiger partial charge in [-0.2, -0.15) is 0 Å². The first-order valence-corrected chi connectivity index (χ1v) is 6.23. The van der Waals surface area contributed by atoms with Gasteiger partial charge in [0.1, 0.15) is 10.4 Å². The van der Waals surface area contributed by atoms with E-state index in [9.17, 15) is 14.0 Å². The van der Waals surface area contributed by atoms with Crippen molar-refractivity contribution in [2.45, 2.75) is 0 Å². The second kappa shape index (κ2) is 5.79. The van der Waals surface area contributed by atoms with Crippen LogP contribution in [0.4, 0.5) is 10.1 Å². The number of pyridine rings is 1. The van der Waals surface area contributed by atoms with Crippen molar-refractivity contribution in [3.8, 4) is 0 Å². The van der Waals surface area contributed by atoms with E-state index in [-0.39, 0.29) is 16.8 Å². The van der Waals surface area contributed by atoms with Crippen LogP contribution in [0, 0.1) is 5.82 Å². The maximum absolute atomic E-state index is 13.7. The number of nitrogens with one attached hydrogen (secondary N) is 1. The number of amides is 1. The predicted octanol–water partition coefficient (Wildman–Crippen LogP) is 2.93. The Kier molecular flexibility index (Phi) is 4.09. The fraction of sp³-hybridized carbons (Fsp3) is 0. The SMILES string of the molecule is O=C(O)c1ccc(NC(=O)c2cccnc2Br)c(F)c1. The van der Waals surface area contributed by atoms with Gasteiger partial charge in [-0.25, -0.2) is 14.2 Å². The van der Waals surface area contributed by atoms with Crippen LogP contribution in [0.3, 0.4) is 0 Å². The predicted molar refractivity (Wildman–Crippen MR) is 73.2 cm³/mol. The van der Waals surface area contributed by atoms with Crippen molar-refractivity contribution in [3.05, 3.63) is 58.1 Å². The number of carbonyl (C=O) groups is 2. The van der Waals surface area contributed by atoms with E-state index in [1.165, 1.54) is 24.4 Å². The molecule has 0 fully saturated rings. The summed E-state index contributed by atoms with van der Waals surface area (Å²) in [5.74, 6) is -2.61. The summed E-state index contributed by atoms with van der Waals surface area (Å²) in [6, 6.07) is 6.34. The minimum absolute atomic E-state index is 0.101. The molecular formula is C13H8BrFN2O3. The van der Waals surface area contributed by atoms with Gasteiger partial charge in [0, 0.05) is 6.20 Å². The Morgan fingerprint density at radius 2 is 2.05 bits per heavy atom. The van der Waals surface area contributed by atoms with Crippen LogP contribution in [0.5, 0.6) is 0 Å². The lowest BCUT2D eigenvalue weighted by Gasteiger charge is -2.07. The zero-order chi connectivity index (χ0) is 14.7. The molecule has 2 rings (SSSR count). The summed E-state index contributed by atoms with van der Waals surface area (Å²) >= 11 is 3.12. The van der Waals surface area contributed by atoms with Crippen LogP contribution in [0.1, 0.15) is 20.7 Å². The Balaban J connectivity index is 2.25. The fourth-order valence-corrected chi connectivity index (χ4v) is 1.93. The highest BCUT2D eigenvalue weighted by Crippen LogP contribution is 2.19. The number of hydrogen-bond donors (Lipinski definition) is 2. The molecule has 0 saturated carbocycles. The Morgan fingerprint density at radius 1 is 1.30 bits per heavy atom. The van der Waals surface area contributed by atoms with Crippen molar-refractivity contribution < 1.29 is 19.1 Å². The number of nitrogens with zero attached hydrogens (tertiary/aromatic N) is 1. The minimum atomic E-state index is -1.24. The Morgan fingerprint density at radius 3 is 2.65 bits per heavy atom. The summed E-state index contributed by atoms with van der Waals surface area (Å²) < 4.78 is 14.0. The monoisotopic (exact) mass is 338 g/mol. The molecule has 0 saturated heterocycles. The van der Waals surface area contributed by atoms with Crippen molar-refractivity contribution in [1.82, 2.24) is 4.98 Å². The molecule has 1 heterocycles. The summed E-state index contributed by atoms with van der Waals surface area (Å²) in [5.41, 5.74) is -0.0481. The van der Waals surface area contributed by atoms with Gasteiger partial charge in [0.05, 0.1) is 16.8 Å². The first-order chi connectivity index (χ1) is 9.49. The summed E-state index contributed by atoms with van der Waals surface area (Å²) in [5, 5.41) is 11.1. The number of carboxylic acid groups (broad SMARTS) is 1. The topological polar surface area (TPSA) is 79.3 Å². The van der Waals surface area contributed by atoms with Crippen molar-refractivity contribution in [2.24, 2.45) is 0 Å². The van der Waals surface area contributed by atoms with Crippen LogP contribution in [0.15, 0.2) is 41.1 Å². The number of aromatic carboxylic acids is 1. The van der Waals surface area contributed by atoms with E-state index in [0.29, 0.717) is 4.60 Å². The van der Waals surface area contributed by atoms with Crippen LogP contribution in [-0.4, -0.2) is 22.0 Å². The minimum Gasteiger partial charge on any atom is -0.478 e. The molecular weight excluding hydrogens is 331 g/mol. The second-order valence-electron chi connectivity index (χ2n) is 3.80. The molecule has 0 atom stereocenters. The molecule has 1 amide bonds. The molecule has 5 nitrogen and oxygen atoms in total. The highest BCUT2D eigenvalue weighted by atomic mass is 79.9. The maximum atomic E-state index is 13.7. The Hall–Kier alpha value is -2.28. The van der Waals surface area contributed by atoms with Crippen molar-refractivity contribution in [3.63, 3.8) is 0 Å². The molecule has 2 aromatic rings. The Labute approximate surface area is 121 Å². The average Bonchev–Trinajstić information content (AvgIpc) is 2.41. The quantitative estimate of drug-likeness (QED) is 0.843. The maximum Gasteiger partial charge on any atom is 0.335 e. The molecule has 7 heteroatoms. The molecule has 0 bridgehead atoms. The third-order valence-corrected chi connectivity index (χ3v) is 3.10. The van der Waals surface area contributed by atoms with Crippen LogP contribution in [0.25, 0.3) is 0 Å². The lowest BCUT2D eigenvalue weighted by atomic mass is 10.2. The molecule has 0 spiro atoms. The molecule has 0 aliphatic rings. The van der Waals surface area contributed by atoms with Gasteiger partial charge in [-0.1, -0.05) is 0 Å². The van der Waals surface area contributed by atoms with Gasteiger partial charge in [0.25, 0.3) is 5.91 Å². The number of carboxylic acids is 1. The first-order valence-electron chi connectivity index (χ1n) is 5.44. The standard InChI is InChI=1S/C13H8BrFN2O3/c14-11-8(2-1-5-16-11)12(18)17-10-4-3-7(13(19)20)6-9(10)15/h1-6H,(H,17,18)(H,19,20). The van der Waals surface area contributed by atoms with E-state index in [1.54, 1.807) is 6.07 Å². The van der Waals surface area contributed by atoms with Crippen molar-refractivity contribution in [1.29, 1.82) is 0 Å². The molecule has 0 aliphatic carbocycles. The summed E-state index contributed by atoms with van der Waals surface area (Å²) in [4.78, 5) is 26.5. The smallest absolute Gasteiger partial charge is 0.335 e. The number of rotatable bonds is 3. The third-order valence-electron chi connectivity index (χ3n) is 2.47. The lowest BCUT2D eigenvalue weighted by Crippen LogP contribution is -2.14. The van der Waals surface area contributed by atoms with E-state index in [1.807, 2.05) is 0 Å². The van der Waals surface area contributed by atoms with E-state index >= 15 is 0 Å². The highest BCUT2D eigenvalue weighted by Gasteiger charge is 2.14. The van der Waals surface area contributed by atoms with Crippen molar-refractivity contribution >= 4 is 33.5 Å². The average molecular weight is 339 g/mol. The molecule has 0 radical (unpaired) electrons. The molecule has 20 heavy (non-hydrogen) atoms. The lowest BCUT2D eigenvalue weighted by molar-refractivity contribution is 0.0696. The number of halogens is 2.